The molecule has 0 heterocycles. The number of nitrogens with zero attached hydrogens (tertiary/aromatic N) is 1. The molecule has 1 amide bonds. The van der Waals surface area contributed by atoms with Crippen LogP contribution in [0.25, 0.3) is 0 Å². The standard InChI is InChI=1S/C15H30N2O2/c1-11(2)17(6)13-9-7-12(8-10-13)16-14(18)19-15(3,4)5/h11-13H,7-10H2,1-6H3,(H,16,18)/t12-,13+. The first-order valence-electron chi connectivity index (χ1n) is 7.40. The van der Waals surface area contributed by atoms with E-state index in [4.69, 9.17) is 4.74 Å². The fraction of sp³-hybridized carbons (Fsp3) is 0.933. The van der Waals surface area contributed by atoms with Crippen LogP contribution >= 0.6 is 0 Å². The van der Waals surface area contributed by atoms with Crippen molar-refractivity contribution in [3.8, 4) is 0 Å². The number of carbonyl (C=O) groups is 1. The number of hydrogen-bond acceptors (Lipinski definition) is 3. The number of ether oxygens (including phenoxy) is 1. The van der Waals surface area contributed by atoms with Crippen LogP contribution < -0.4 is 5.32 Å². The first kappa shape index (κ1) is 16.3. The molecule has 4 heteroatoms. The van der Waals surface area contributed by atoms with Crippen LogP contribution in [0.2, 0.25) is 0 Å². The molecule has 0 aliphatic heterocycles. The summed E-state index contributed by atoms with van der Waals surface area (Å²) in [4.78, 5) is 14.1. The Hall–Kier alpha value is -0.770. The zero-order valence-electron chi connectivity index (χ0n) is 13.3. The molecular formula is C15H30N2O2. The predicted octanol–water partition coefficient (Wildman–Crippen LogP) is 3.16. The van der Waals surface area contributed by atoms with E-state index in [-0.39, 0.29) is 12.1 Å². The van der Waals surface area contributed by atoms with E-state index in [1.807, 2.05) is 20.8 Å². The van der Waals surface area contributed by atoms with E-state index in [1.165, 1.54) is 0 Å². The molecule has 1 fully saturated rings. The van der Waals surface area contributed by atoms with Crippen molar-refractivity contribution in [2.24, 2.45) is 0 Å². The van der Waals surface area contributed by atoms with Crippen LogP contribution in [0.1, 0.15) is 60.3 Å². The van der Waals surface area contributed by atoms with Gasteiger partial charge in [-0.2, -0.15) is 0 Å². The van der Waals surface area contributed by atoms with Gasteiger partial charge in [0.2, 0.25) is 0 Å². The zero-order valence-corrected chi connectivity index (χ0v) is 13.3. The topological polar surface area (TPSA) is 41.6 Å². The van der Waals surface area contributed by atoms with Crippen molar-refractivity contribution in [1.29, 1.82) is 0 Å². The van der Waals surface area contributed by atoms with Gasteiger partial charge in [-0.15, -0.1) is 0 Å². The van der Waals surface area contributed by atoms with Crippen LogP contribution in [0.5, 0.6) is 0 Å². The van der Waals surface area contributed by atoms with Crippen LogP contribution in [0.15, 0.2) is 0 Å². The van der Waals surface area contributed by atoms with E-state index in [0.717, 1.165) is 25.7 Å². The van der Waals surface area contributed by atoms with Gasteiger partial charge in [-0.1, -0.05) is 0 Å². The second kappa shape index (κ2) is 6.60. The van der Waals surface area contributed by atoms with E-state index in [9.17, 15) is 4.79 Å². The Morgan fingerprint density at radius 2 is 1.74 bits per heavy atom. The maximum Gasteiger partial charge on any atom is 0.407 e. The molecule has 19 heavy (non-hydrogen) atoms. The van der Waals surface area contributed by atoms with Gasteiger partial charge in [0.05, 0.1) is 0 Å². The number of alkyl carbamates (subject to hydrolysis) is 1. The molecule has 1 N–H and O–H groups in total. The first-order valence-corrected chi connectivity index (χ1v) is 7.40. The summed E-state index contributed by atoms with van der Waals surface area (Å²) >= 11 is 0. The van der Waals surface area contributed by atoms with Gasteiger partial charge in [0.15, 0.2) is 0 Å². The Morgan fingerprint density at radius 1 is 1.21 bits per heavy atom. The zero-order chi connectivity index (χ0) is 14.6. The SMILES string of the molecule is CC(C)N(C)[C@H]1CC[C@@H](NC(=O)OC(C)(C)C)CC1. The number of nitrogens with one attached hydrogen (secondary N) is 1. The third-order valence-electron chi connectivity index (χ3n) is 3.81. The molecule has 112 valence electrons. The highest BCUT2D eigenvalue weighted by Crippen LogP contribution is 2.23. The Kier molecular flexibility index (Phi) is 5.65. The Balaban J connectivity index is 2.32. The smallest absolute Gasteiger partial charge is 0.407 e. The third kappa shape index (κ3) is 5.81. The number of carbonyl (C=O) groups excluding carboxylic acids is 1. The quantitative estimate of drug-likeness (QED) is 0.856. The summed E-state index contributed by atoms with van der Waals surface area (Å²) in [7, 11) is 2.19. The van der Waals surface area contributed by atoms with Gasteiger partial charge in [0.1, 0.15) is 5.60 Å². The molecule has 1 rings (SSSR count). The number of amides is 1. The second-order valence-electron chi connectivity index (χ2n) is 6.91. The molecule has 0 saturated heterocycles. The number of hydrogen-bond donors (Lipinski definition) is 1. The summed E-state index contributed by atoms with van der Waals surface area (Å²) in [5, 5.41) is 2.98. The van der Waals surface area contributed by atoms with Crippen molar-refractivity contribution in [2.75, 3.05) is 7.05 Å². The highest BCUT2D eigenvalue weighted by Gasteiger charge is 2.27. The molecule has 0 radical (unpaired) electrons. The summed E-state index contributed by atoms with van der Waals surface area (Å²) in [6.07, 6.45) is 4.10. The van der Waals surface area contributed by atoms with Gasteiger partial charge >= 0.3 is 6.09 Å². The molecule has 0 bridgehead atoms. The molecule has 1 saturated carbocycles. The van der Waals surface area contributed by atoms with Crippen molar-refractivity contribution < 1.29 is 9.53 Å². The van der Waals surface area contributed by atoms with Gasteiger partial charge in [-0.05, 0) is 67.3 Å². The lowest BCUT2D eigenvalue weighted by Crippen LogP contribution is -2.45. The summed E-state index contributed by atoms with van der Waals surface area (Å²) < 4.78 is 5.29. The minimum absolute atomic E-state index is 0.270. The molecule has 4 nitrogen and oxygen atoms in total. The summed E-state index contributed by atoms with van der Waals surface area (Å²) in [6, 6.07) is 1.50. The van der Waals surface area contributed by atoms with Crippen molar-refractivity contribution >= 4 is 6.09 Å². The predicted molar refractivity (Wildman–Crippen MR) is 78.3 cm³/mol. The third-order valence-corrected chi connectivity index (χ3v) is 3.81. The average Bonchev–Trinajstić information content (AvgIpc) is 2.26. The van der Waals surface area contributed by atoms with Crippen LogP contribution in [0, 0.1) is 0 Å². The maximum atomic E-state index is 11.7. The monoisotopic (exact) mass is 270 g/mol. The van der Waals surface area contributed by atoms with E-state index in [2.05, 4.69) is 31.1 Å². The van der Waals surface area contributed by atoms with Gasteiger partial charge in [-0.3, -0.25) is 0 Å². The molecule has 0 aromatic rings. The lowest BCUT2D eigenvalue weighted by atomic mass is 9.90. The Labute approximate surface area is 117 Å². The highest BCUT2D eigenvalue weighted by atomic mass is 16.6. The van der Waals surface area contributed by atoms with Crippen molar-refractivity contribution in [3.63, 3.8) is 0 Å². The fourth-order valence-corrected chi connectivity index (χ4v) is 2.52. The van der Waals surface area contributed by atoms with Crippen LogP contribution in [-0.2, 0) is 4.74 Å². The summed E-state index contributed by atoms with van der Waals surface area (Å²) in [6.45, 7) is 10.1. The molecule has 0 atom stereocenters. The average molecular weight is 270 g/mol. The van der Waals surface area contributed by atoms with Crippen molar-refractivity contribution in [3.05, 3.63) is 0 Å². The molecular weight excluding hydrogens is 240 g/mol. The van der Waals surface area contributed by atoms with E-state index >= 15 is 0 Å². The summed E-state index contributed by atoms with van der Waals surface area (Å²) in [5.74, 6) is 0. The van der Waals surface area contributed by atoms with Gasteiger partial charge in [0, 0.05) is 18.1 Å². The van der Waals surface area contributed by atoms with Crippen LogP contribution in [0.3, 0.4) is 0 Å². The van der Waals surface area contributed by atoms with Crippen LogP contribution in [-0.4, -0.2) is 41.8 Å². The molecule has 0 unspecified atom stereocenters. The summed E-state index contributed by atoms with van der Waals surface area (Å²) in [5.41, 5.74) is -0.418. The minimum atomic E-state index is -0.418. The van der Waals surface area contributed by atoms with Gasteiger partial charge < -0.3 is 15.0 Å². The van der Waals surface area contributed by atoms with E-state index in [0.29, 0.717) is 12.1 Å². The lowest BCUT2D eigenvalue weighted by molar-refractivity contribution is 0.0476. The lowest BCUT2D eigenvalue weighted by Gasteiger charge is -2.37. The normalized spacial score (nSPS) is 24.6. The number of rotatable bonds is 3. The Morgan fingerprint density at radius 3 is 2.16 bits per heavy atom. The fourth-order valence-electron chi connectivity index (χ4n) is 2.52. The molecule has 1 aliphatic carbocycles. The maximum absolute atomic E-state index is 11.7. The first-order chi connectivity index (χ1) is 8.69. The minimum Gasteiger partial charge on any atom is -0.444 e. The van der Waals surface area contributed by atoms with Gasteiger partial charge in [-0.25, -0.2) is 4.79 Å². The highest BCUT2D eigenvalue weighted by molar-refractivity contribution is 5.68. The largest absolute Gasteiger partial charge is 0.444 e. The van der Waals surface area contributed by atoms with Gasteiger partial charge in [0.25, 0.3) is 0 Å². The molecule has 0 aromatic carbocycles. The molecule has 0 spiro atoms. The second-order valence-corrected chi connectivity index (χ2v) is 6.91. The molecule has 0 aromatic heterocycles. The van der Waals surface area contributed by atoms with E-state index in [1.54, 1.807) is 0 Å². The van der Waals surface area contributed by atoms with Crippen molar-refractivity contribution in [1.82, 2.24) is 10.2 Å². The van der Waals surface area contributed by atoms with Crippen LogP contribution in [0.4, 0.5) is 4.79 Å². The Bertz CT molecular complexity index is 289. The molecule has 1 aliphatic rings. The van der Waals surface area contributed by atoms with E-state index < -0.39 is 5.60 Å². The van der Waals surface area contributed by atoms with Crippen molar-refractivity contribution in [2.45, 2.75) is 84.0 Å².